The van der Waals surface area contributed by atoms with Gasteiger partial charge in [0.25, 0.3) is 0 Å². The molecule has 140 valence electrons. The predicted molar refractivity (Wildman–Crippen MR) is 102 cm³/mol. The molecule has 0 saturated heterocycles. The van der Waals surface area contributed by atoms with Crippen molar-refractivity contribution >= 4 is 0 Å². The Balaban J connectivity index is 1.86. The molecule has 7 heteroatoms. The first-order chi connectivity index (χ1) is 13.1. The molecule has 0 aliphatic heterocycles. The maximum Gasteiger partial charge on any atom is 0.316 e. The first-order valence-corrected chi connectivity index (χ1v) is 8.45. The molecule has 0 amide bonds. The molecule has 2 heterocycles. The average Bonchev–Trinajstić information content (AvgIpc) is 2.74. The zero-order valence-electron chi connectivity index (χ0n) is 15.5. The third-order valence-corrected chi connectivity index (χ3v) is 4.14. The van der Waals surface area contributed by atoms with E-state index < -0.39 is 0 Å². The summed E-state index contributed by atoms with van der Waals surface area (Å²) in [6.45, 7) is 0. The Hall–Kier alpha value is -3.19. The zero-order chi connectivity index (χ0) is 19.2. The Morgan fingerprint density at radius 1 is 0.926 bits per heavy atom. The highest BCUT2D eigenvalue weighted by atomic mass is 16.5. The molecule has 0 saturated carbocycles. The van der Waals surface area contributed by atoms with Gasteiger partial charge >= 0.3 is 6.01 Å². The number of nitrogens with zero attached hydrogens (tertiary/aromatic N) is 3. The van der Waals surface area contributed by atoms with E-state index in [4.69, 9.17) is 19.9 Å². The smallest absolute Gasteiger partial charge is 0.316 e. The molecule has 0 spiro atoms. The van der Waals surface area contributed by atoms with Gasteiger partial charge in [0.1, 0.15) is 5.75 Å². The molecule has 2 aromatic heterocycles. The molecule has 27 heavy (non-hydrogen) atoms. The Kier molecular flexibility index (Phi) is 5.83. The van der Waals surface area contributed by atoms with Crippen molar-refractivity contribution in [2.75, 3.05) is 21.3 Å². The molecular formula is C20H22N4O3. The molecule has 3 rings (SSSR count). The number of hydrogen-bond acceptors (Lipinski definition) is 7. The van der Waals surface area contributed by atoms with Crippen LogP contribution in [-0.2, 0) is 6.42 Å². The van der Waals surface area contributed by atoms with Crippen LogP contribution >= 0.6 is 0 Å². The molecule has 0 aliphatic carbocycles. The van der Waals surface area contributed by atoms with E-state index in [1.807, 2.05) is 36.4 Å². The lowest BCUT2D eigenvalue weighted by molar-refractivity contribution is 0.377. The van der Waals surface area contributed by atoms with Crippen LogP contribution in [0.4, 0.5) is 0 Å². The van der Waals surface area contributed by atoms with Crippen molar-refractivity contribution in [2.24, 2.45) is 5.73 Å². The number of hydrogen-bond donors (Lipinski definition) is 1. The summed E-state index contributed by atoms with van der Waals surface area (Å²) in [6, 6.07) is 13.3. The SMILES string of the molecule is COc1ccc(CC(N)c2cc(-c3ccc(OC)nc3)nc(OC)n2)cc1. The number of benzene rings is 1. The number of nitrogens with two attached hydrogens (primary N) is 1. The normalized spacial score (nSPS) is 11.7. The standard InChI is InChI=1S/C20H22N4O3/c1-25-15-7-4-13(5-8-15)10-16(21)18-11-17(23-20(24-18)27-3)14-6-9-19(26-2)22-12-14/h4-9,11-12,16H,10,21H2,1-3H3. The minimum absolute atomic E-state index is 0.267. The molecule has 0 fully saturated rings. The highest BCUT2D eigenvalue weighted by Crippen LogP contribution is 2.25. The fraction of sp³-hybridized carbons (Fsp3) is 0.250. The van der Waals surface area contributed by atoms with E-state index in [0.29, 0.717) is 23.7 Å². The molecule has 1 atom stereocenters. The lowest BCUT2D eigenvalue weighted by Gasteiger charge is -2.14. The van der Waals surface area contributed by atoms with E-state index in [-0.39, 0.29) is 12.1 Å². The number of pyridine rings is 1. The van der Waals surface area contributed by atoms with Crippen LogP contribution in [0.2, 0.25) is 0 Å². The number of ether oxygens (including phenoxy) is 3. The van der Waals surface area contributed by atoms with Crippen molar-refractivity contribution < 1.29 is 14.2 Å². The van der Waals surface area contributed by atoms with Crippen LogP contribution in [0.1, 0.15) is 17.3 Å². The monoisotopic (exact) mass is 366 g/mol. The molecule has 0 bridgehead atoms. The van der Waals surface area contributed by atoms with Gasteiger partial charge in [-0.1, -0.05) is 12.1 Å². The minimum Gasteiger partial charge on any atom is -0.497 e. The zero-order valence-corrected chi connectivity index (χ0v) is 15.5. The molecule has 1 unspecified atom stereocenters. The van der Waals surface area contributed by atoms with Crippen LogP contribution in [0.3, 0.4) is 0 Å². The van der Waals surface area contributed by atoms with Gasteiger partial charge in [0, 0.05) is 17.8 Å². The van der Waals surface area contributed by atoms with Gasteiger partial charge in [0.05, 0.1) is 38.8 Å². The second-order valence-corrected chi connectivity index (χ2v) is 5.91. The molecule has 2 N–H and O–H groups in total. The van der Waals surface area contributed by atoms with Gasteiger partial charge in [0.15, 0.2) is 0 Å². The molecule has 7 nitrogen and oxygen atoms in total. The predicted octanol–water partition coefficient (Wildman–Crippen LogP) is 2.81. The van der Waals surface area contributed by atoms with Gasteiger partial charge in [-0.2, -0.15) is 9.97 Å². The van der Waals surface area contributed by atoms with E-state index in [2.05, 4.69) is 15.0 Å². The minimum atomic E-state index is -0.305. The third kappa shape index (κ3) is 4.51. The fourth-order valence-corrected chi connectivity index (χ4v) is 2.64. The van der Waals surface area contributed by atoms with Gasteiger partial charge in [0.2, 0.25) is 5.88 Å². The van der Waals surface area contributed by atoms with Gasteiger partial charge in [-0.3, -0.25) is 0 Å². The number of methoxy groups -OCH3 is 3. The van der Waals surface area contributed by atoms with Crippen LogP contribution in [-0.4, -0.2) is 36.3 Å². The molecule has 1 aromatic carbocycles. The Morgan fingerprint density at radius 2 is 1.70 bits per heavy atom. The Morgan fingerprint density at radius 3 is 2.30 bits per heavy atom. The van der Waals surface area contributed by atoms with E-state index in [1.54, 1.807) is 26.5 Å². The van der Waals surface area contributed by atoms with E-state index in [0.717, 1.165) is 16.9 Å². The summed E-state index contributed by atoms with van der Waals surface area (Å²) in [5, 5.41) is 0. The summed E-state index contributed by atoms with van der Waals surface area (Å²) in [4.78, 5) is 13.0. The van der Waals surface area contributed by atoms with Crippen molar-refractivity contribution in [2.45, 2.75) is 12.5 Å². The van der Waals surface area contributed by atoms with Crippen molar-refractivity contribution in [1.82, 2.24) is 15.0 Å². The van der Waals surface area contributed by atoms with Gasteiger partial charge in [-0.05, 0) is 36.2 Å². The topological polar surface area (TPSA) is 92.4 Å². The number of rotatable bonds is 7. The van der Waals surface area contributed by atoms with Gasteiger partial charge < -0.3 is 19.9 Å². The van der Waals surface area contributed by atoms with Crippen molar-refractivity contribution in [3.05, 3.63) is 59.9 Å². The summed E-state index contributed by atoms with van der Waals surface area (Å²) in [6.07, 6.45) is 2.32. The summed E-state index contributed by atoms with van der Waals surface area (Å²) in [5.41, 5.74) is 9.71. The quantitative estimate of drug-likeness (QED) is 0.687. The van der Waals surface area contributed by atoms with Crippen LogP contribution < -0.4 is 19.9 Å². The molecule has 3 aromatic rings. The van der Waals surface area contributed by atoms with Crippen LogP contribution in [0.15, 0.2) is 48.7 Å². The summed E-state index contributed by atoms with van der Waals surface area (Å²) in [5.74, 6) is 1.35. The van der Waals surface area contributed by atoms with Crippen molar-refractivity contribution in [3.63, 3.8) is 0 Å². The molecular weight excluding hydrogens is 344 g/mol. The van der Waals surface area contributed by atoms with Crippen LogP contribution in [0.5, 0.6) is 17.6 Å². The lowest BCUT2D eigenvalue weighted by Crippen LogP contribution is -2.16. The second-order valence-electron chi connectivity index (χ2n) is 5.91. The first-order valence-electron chi connectivity index (χ1n) is 8.45. The second kappa shape index (κ2) is 8.46. The molecule has 0 aliphatic rings. The number of aromatic nitrogens is 3. The highest BCUT2D eigenvalue weighted by Gasteiger charge is 2.14. The average molecular weight is 366 g/mol. The summed E-state index contributed by atoms with van der Waals surface area (Å²) < 4.78 is 15.5. The largest absolute Gasteiger partial charge is 0.497 e. The van der Waals surface area contributed by atoms with Crippen molar-refractivity contribution in [3.8, 4) is 28.9 Å². The van der Waals surface area contributed by atoms with Crippen LogP contribution in [0.25, 0.3) is 11.3 Å². The van der Waals surface area contributed by atoms with Crippen LogP contribution in [0, 0.1) is 0 Å². The third-order valence-electron chi connectivity index (χ3n) is 4.14. The fourth-order valence-electron chi connectivity index (χ4n) is 2.64. The summed E-state index contributed by atoms with van der Waals surface area (Å²) >= 11 is 0. The van der Waals surface area contributed by atoms with E-state index in [1.165, 1.54) is 7.11 Å². The van der Waals surface area contributed by atoms with E-state index in [9.17, 15) is 0 Å². The Bertz CT molecular complexity index is 883. The van der Waals surface area contributed by atoms with E-state index >= 15 is 0 Å². The van der Waals surface area contributed by atoms with Crippen molar-refractivity contribution in [1.29, 1.82) is 0 Å². The highest BCUT2D eigenvalue weighted by molar-refractivity contribution is 5.59. The van der Waals surface area contributed by atoms with Gasteiger partial charge in [-0.25, -0.2) is 4.98 Å². The maximum absolute atomic E-state index is 6.40. The summed E-state index contributed by atoms with van der Waals surface area (Å²) in [7, 11) is 4.75. The Labute approximate surface area is 158 Å². The lowest BCUT2D eigenvalue weighted by atomic mass is 10.0. The van der Waals surface area contributed by atoms with Gasteiger partial charge in [-0.15, -0.1) is 0 Å². The first kappa shape index (κ1) is 18.6. The molecule has 0 radical (unpaired) electrons. The maximum atomic E-state index is 6.40.